The van der Waals surface area contributed by atoms with Gasteiger partial charge >= 0.3 is 0 Å². The second-order valence-corrected chi connectivity index (χ2v) is 4.31. The summed E-state index contributed by atoms with van der Waals surface area (Å²) < 4.78 is 5.33. The number of ether oxygens (including phenoxy) is 1. The Morgan fingerprint density at radius 2 is 2.10 bits per heavy atom. The first-order valence-corrected chi connectivity index (χ1v) is 6.36. The van der Waals surface area contributed by atoms with Crippen LogP contribution in [0.5, 0.6) is 5.75 Å². The quantitative estimate of drug-likeness (QED) is 0.923. The molecule has 2 aromatic rings. The van der Waals surface area contributed by atoms with Gasteiger partial charge in [0.25, 0.3) is 0 Å². The summed E-state index contributed by atoms with van der Waals surface area (Å²) in [6.07, 6.45) is 0.935. The van der Waals surface area contributed by atoms with Gasteiger partial charge in [0.05, 0.1) is 12.8 Å². The zero-order valence-electron chi connectivity index (χ0n) is 11.8. The molecule has 0 saturated carbocycles. The summed E-state index contributed by atoms with van der Waals surface area (Å²) in [6, 6.07) is 9.60. The van der Waals surface area contributed by atoms with Gasteiger partial charge in [-0.3, -0.25) is 0 Å². The van der Waals surface area contributed by atoms with Crippen molar-refractivity contribution in [1.82, 2.24) is 9.97 Å². The summed E-state index contributed by atoms with van der Waals surface area (Å²) in [5.74, 6) is 1.87. The highest BCUT2D eigenvalue weighted by molar-refractivity contribution is 5.65. The Balaban J connectivity index is 2.38. The molecule has 0 unspecified atom stereocenters. The van der Waals surface area contributed by atoms with Crippen LogP contribution in [0.4, 0.5) is 11.5 Å². The molecule has 1 N–H and O–H groups in total. The van der Waals surface area contributed by atoms with Gasteiger partial charge in [-0.2, -0.15) is 5.26 Å². The number of methoxy groups -OCH3 is 1. The summed E-state index contributed by atoms with van der Waals surface area (Å²) in [5, 5.41) is 12.1. The van der Waals surface area contributed by atoms with E-state index in [2.05, 4.69) is 22.2 Å². The molecule has 0 radical (unpaired) electrons. The number of benzene rings is 1. The van der Waals surface area contributed by atoms with E-state index in [4.69, 9.17) is 10.00 Å². The van der Waals surface area contributed by atoms with Crippen molar-refractivity contribution in [1.29, 1.82) is 5.26 Å². The first-order valence-electron chi connectivity index (χ1n) is 6.36. The van der Waals surface area contributed by atoms with Crippen LogP contribution in [0.2, 0.25) is 0 Å². The van der Waals surface area contributed by atoms with Crippen LogP contribution in [-0.4, -0.2) is 17.1 Å². The Kier molecular flexibility index (Phi) is 4.16. The minimum atomic E-state index is 0.339. The molecule has 0 spiro atoms. The fourth-order valence-electron chi connectivity index (χ4n) is 1.90. The summed E-state index contributed by atoms with van der Waals surface area (Å²) in [7, 11) is 1.62. The highest BCUT2D eigenvalue weighted by Gasteiger charge is 2.07. The maximum atomic E-state index is 8.94. The fraction of sp³-hybridized carbons (Fsp3) is 0.267. The lowest BCUT2D eigenvalue weighted by Crippen LogP contribution is -2.01. The van der Waals surface area contributed by atoms with Gasteiger partial charge < -0.3 is 10.1 Å². The van der Waals surface area contributed by atoms with Crippen LogP contribution >= 0.6 is 0 Å². The van der Waals surface area contributed by atoms with Crippen LogP contribution in [0.3, 0.4) is 0 Å². The second-order valence-electron chi connectivity index (χ2n) is 4.31. The predicted molar refractivity (Wildman–Crippen MR) is 77.1 cm³/mol. The van der Waals surface area contributed by atoms with E-state index in [1.165, 1.54) is 5.56 Å². The Morgan fingerprint density at radius 3 is 2.75 bits per heavy atom. The van der Waals surface area contributed by atoms with Crippen molar-refractivity contribution in [2.24, 2.45) is 0 Å². The third kappa shape index (κ3) is 3.04. The first kappa shape index (κ1) is 13.8. The van der Waals surface area contributed by atoms with Gasteiger partial charge in [-0.05, 0) is 31.0 Å². The molecule has 0 aliphatic heterocycles. The smallest absolute Gasteiger partial charge is 0.146 e. The standard InChI is InChI=1S/C15H16N4O/c1-4-11-5-6-14(20-3)13(7-11)19-15-8-12(9-16)17-10(2)18-15/h5-8H,4H2,1-3H3,(H,17,18,19). The van der Waals surface area contributed by atoms with Crippen LogP contribution in [0.1, 0.15) is 24.0 Å². The van der Waals surface area contributed by atoms with Crippen molar-refractivity contribution in [2.75, 3.05) is 12.4 Å². The molecule has 0 saturated heterocycles. The van der Waals surface area contributed by atoms with Gasteiger partial charge in [0.15, 0.2) is 0 Å². The molecular formula is C15H16N4O. The second kappa shape index (κ2) is 6.02. The summed E-state index contributed by atoms with van der Waals surface area (Å²) >= 11 is 0. The van der Waals surface area contributed by atoms with Crippen LogP contribution < -0.4 is 10.1 Å². The van der Waals surface area contributed by atoms with Crippen LogP contribution in [-0.2, 0) is 6.42 Å². The highest BCUT2D eigenvalue weighted by Crippen LogP contribution is 2.28. The lowest BCUT2D eigenvalue weighted by Gasteiger charge is -2.12. The number of anilines is 2. The molecule has 0 bridgehead atoms. The van der Waals surface area contributed by atoms with Gasteiger partial charge in [-0.25, -0.2) is 9.97 Å². The van der Waals surface area contributed by atoms with Gasteiger partial charge in [-0.15, -0.1) is 0 Å². The molecule has 1 heterocycles. The van der Waals surface area contributed by atoms with E-state index in [9.17, 15) is 0 Å². The zero-order valence-corrected chi connectivity index (χ0v) is 11.8. The zero-order chi connectivity index (χ0) is 14.5. The highest BCUT2D eigenvalue weighted by atomic mass is 16.5. The third-order valence-corrected chi connectivity index (χ3v) is 2.89. The average molecular weight is 268 g/mol. The van der Waals surface area contributed by atoms with Crippen LogP contribution in [0.15, 0.2) is 24.3 Å². The van der Waals surface area contributed by atoms with Crippen molar-refractivity contribution < 1.29 is 4.74 Å². The minimum Gasteiger partial charge on any atom is -0.495 e. The number of hydrogen-bond donors (Lipinski definition) is 1. The number of aromatic nitrogens is 2. The average Bonchev–Trinajstić information content (AvgIpc) is 2.46. The molecule has 5 nitrogen and oxygen atoms in total. The Bertz CT molecular complexity index is 661. The molecular weight excluding hydrogens is 252 g/mol. The van der Waals surface area contributed by atoms with Crippen molar-refractivity contribution in [3.05, 3.63) is 41.3 Å². The van der Waals surface area contributed by atoms with Gasteiger partial charge in [0.2, 0.25) is 0 Å². The molecule has 0 aliphatic rings. The number of nitrogens with one attached hydrogen (secondary N) is 1. The lowest BCUT2D eigenvalue weighted by atomic mass is 10.1. The van der Waals surface area contributed by atoms with E-state index in [-0.39, 0.29) is 0 Å². The molecule has 0 fully saturated rings. The van der Waals surface area contributed by atoms with E-state index < -0.39 is 0 Å². The van der Waals surface area contributed by atoms with Gasteiger partial charge in [0.1, 0.15) is 29.2 Å². The SMILES string of the molecule is CCc1ccc(OC)c(Nc2cc(C#N)nc(C)n2)c1. The number of nitriles is 1. The summed E-state index contributed by atoms with van der Waals surface area (Å²) in [5.41, 5.74) is 2.36. The number of hydrogen-bond acceptors (Lipinski definition) is 5. The van der Waals surface area contributed by atoms with Gasteiger partial charge in [-0.1, -0.05) is 13.0 Å². The molecule has 102 valence electrons. The minimum absolute atomic E-state index is 0.339. The monoisotopic (exact) mass is 268 g/mol. The first-order chi connectivity index (χ1) is 9.66. The molecule has 2 rings (SSSR count). The maximum absolute atomic E-state index is 8.94. The Morgan fingerprint density at radius 1 is 1.30 bits per heavy atom. The maximum Gasteiger partial charge on any atom is 0.146 e. The van der Waals surface area contributed by atoms with Crippen molar-refractivity contribution in [2.45, 2.75) is 20.3 Å². The lowest BCUT2D eigenvalue weighted by molar-refractivity contribution is 0.416. The van der Waals surface area contributed by atoms with E-state index >= 15 is 0 Å². The Hall–Kier alpha value is -2.61. The van der Waals surface area contributed by atoms with Gasteiger partial charge in [0, 0.05) is 6.07 Å². The van der Waals surface area contributed by atoms with E-state index in [1.54, 1.807) is 20.1 Å². The van der Waals surface area contributed by atoms with Crippen molar-refractivity contribution in [3.63, 3.8) is 0 Å². The molecule has 1 aromatic carbocycles. The normalized spacial score (nSPS) is 9.90. The van der Waals surface area contributed by atoms with Crippen LogP contribution in [0, 0.1) is 18.3 Å². The van der Waals surface area contributed by atoms with Crippen LogP contribution in [0.25, 0.3) is 0 Å². The molecule has 0 atom stereocenters. The summed E-state index contributed by atoms with van der Waals surface area (Å²) in [6.45, 7) is 3.85. The third-order valence-electron chi connectivity index (χ3n) is 2.89. The molecule has 1 aromatic heterocycles. The number of rotatable bonds is 4. The summed E-state index contributed by atoms with van der Waals surface area (Å²) in [4.78, 5) is 8.31. The molecule has 20 heavy (non-hydrogen) atoms. The fourth-order valence-corrected chi connectivity index (χ4v) is 1.90. The van der Waals surface area contributed by atoms with E-state index in [0.29, 0.717) is 17.3 Å². The van der Waals surface area contributed by atoms with Crippen molar-refractivity contribution in [3.8, 4) is 11.8 Å². The van der Waals surface area contributed by atoms with Crippen molar-refractivity contribution >= 4 is 11.5 Å². The number of aryl methyl sites for hydroxylation is 2. The van der Waals surface area contributed by atoms with E-state index in [0.717, 1.165) is 17.9 Å². The topological polar surface area (TPSA) is 70.8 Å². The molecule has 5 heteroatoms. The van der Waals surface area contributed by atoms with E-state index in [1.807, 2.05) is 24.3 Å². The largest absolute Gasteiger partial charge is 0.495 e. The number of nitrogens with zero attached hydrogens (tertiary/aromatic N) is 3. The molecule has 0 amide bonds. The molecule has 0 aliphatic carbocycles. The Labute approximate surface area is 118 Å². The predicted octanol–water partition coefficient (Wildman–Crippen LogP) is 2.97.